The summed E-state index contributed by atoms with van der Waals surface area (Å²) in [6.45, 7) is 0.598. The SMILES string of the molecule is NC(=O)COc1ccc(CNc2nccs2)cc1. The van der Waals surface area contributed by atoms with Gasteiger partial charge < -0.3 is 15.8 Å². The quantitative estimate of drug-likeness (QED) is 0.830. The Morgan fingerprint density at radius 3 is 2.78 bits per heavy atom. The second-order valence-corrected chi connectivity index (χ2v) is 4.48. The van der Waals surface area contributed by atoms with Crippen LogP contribution >= 0.6 is 11.3 Å². The molecule has 18 heavy (non-hydrogen) atoms. The average Bonchev–Trinajstić information content (AvgIpc) is 2.88. The Kier molecular flexibility index (Phi) is 4.14. The highest BCUT2D eigenvalue weighted by Gasteiger charge is 1.99. The summed E-state index contributed by atoms with van der Waals surface area (Å²) in [5.74, 6) is 0.149. The van der Waals surface area contributed by atoms with E-state index < -0.39 is 5.91 Å². The number of carbonyl (C=O) groups excluding carboxylic acids is 1. The Hall–Kier alpha value is -2.08. The summed E-state index contributed by atoms with van der Waals surface area (Å²) in [6.07, 6.45) is 1.76. The number of primary amides is 1. The molecular weight excluding hydrogens is 250 g/mol. The molecular formula is C12H13N3O2S. The van der Waals surface area contributed by atoms with Crippen molar-refractivity contribution in [3.8, 4) is 5.75 Å². The topological polar surface area (TPSA) is 77.2 Å². The predicted molar refractivity (Wildman–Crippen MR) is 70.6 cm³/mol. The van der Waals surface area contributed by atoms with Gasteiger partial charge in [0.25, 0.3) is 5.91 Å². The van der Waals surface area contributed by atoms with Crippen LogP contribution in [0.15, 0.2) is 35.8 Å². The third-order valence-corrected chi connectivity index (χ3v) is 2.91. The molecule has 0 spiro atoms. The first kappa shape index (κ1) is 12.4. The fraction of sp³-hybridized carbons (Fsp3) is 0.167. The number of anilines is 1. The van der Waals surface area contributed by atoms with Crippen LogP contribution in [0, 0.1) is 0 Å². The summed E-state index contributed by atoms with van der Waals surface area (Å²) in [5.41, 5.74) is 6.10. The van der Waals surface area contributed by atoms with Crippen molar-refractivity contribution >= 4 is 22.4 Å². The van der Waals surface area contributed by atoms with E-state index in [0.717, 1.165) is 10.7 Å². The lowest BCUT2D eigenvalue weighted by Gasteiger charge is -2.06. The maximum atomic E-state index is 10.6. The Bertz CT molecular complexity index is 497. The Morgan fingerprint density at radius 1 is 1.39 bits per heavy atom. The zero-order valence-corrected chi connectivity index (χ0v) is 10.4. The predicted octanol–water partition coefficient (Wildman–Crippen LogP) is 1.62. The number of nitrogens with two attached hydrogens (primary N) is 1. The van der Waals surface area contributed by atoms with Crippen LogP contribution in [0.2, 0.25) is 0 Å². The molecule has 0 unspecified atom stereocenters. The Labute approximate surface area is 109 Å². The summed E-state index contributed by atoms with van der Waals surface area (Å²) in [5, 5.41) is 6.02. The van der Waals surface area contributed by atoms with Gasteiger partial charge in [0, 0.05) is 18.1 Å². The van der Waals surface area contributed by atoms with Gasteiger partial charge in [-0.3, -0.25) is 4.79 Å². The molecule has 0 fully saturated rings. The molecule has 0 bridgehead atoms. The molecule has 0 saturated heterocycles. The Balaban J connectivity index is 1.85. The van der Waals surface area contributed by atoms with Gasteiger partial charge in [0.15, 0.2) is 11.7 Å². The molecule has 2 rings (SSSR count). The van der Waals surface area contributed by atoms with Crippen LogP contribution in [0.4, 0.5) is 5.13 Å². The molecule has 0 atom stereocenters. The second kappa shape index (κ2) is 6.02. The monoisotopic (exact) mass is 263 g/mol. The van der Waals surface area contributed by atoms with Gasteiger partial charge in [0.05, 0.1) is 0 Å². The van der Waals surface area contributed by atoms with E-state index in [2.05, 4.69) is 10.3 Å². The molecule has 94 valence electrons. The van der Waals surface area contributed by atoms with E-state index in [4.69, 9.17) is 10.5 Å². The second-order valence-electron chi connectivity index (χ2n) is 3.59. The van der Waals surface area contributed by atoms with Gasteiger partial charge in [-0.25, -0.2) is 4.98 Å². The first-order valence-corrected chi connectivity index (χ1v) is 6.25. The van der Waals surface area contributed by atoms with Crippen LogP contribution < -0.4 is 15.8 Å². The van der Waals surface area contributed by atoms with Crippen molar-refractivity contribution in [2.75, 3.05) is 11.9 Å². The van der Waals surface area contributed by atoms with Crippen LogP contribution in [0.3, 0.4) is 0 Å². The lowest BCUT2D eigenvalue weighted by atomic mass is 10.2. The third-order valence-electron chi connectivity index (χ3n) is 2.18. The number of amides is 1. The highest BCUT2D eigenvalue weighted by Crippen LogP contribution is 2.15. The largest absolute Gasteiger partial charge is 0.484 e. The van der Waals surface area contributed by atoms with Crippen molar-refractivity contribution in [1.29, 1.82) is 0 Å². The van der Waals surface area contributed by atoms with E-state index >= 15 is 0 Å². The Morgan fingerprint density at radius 2 is 2.17 bits per heavy atom. The summed E-state index contributed by atoms with van der Waals surface area (Å²) in [4.78, 5) is 14.7. The molecule has 6 heteroatoms. The van der Waals surface area contributed by atoms with Gasteiger partial charge in [-0.1, -0.05) is 12.1 Å². The van der Waals surface area contributed by atoms with E-state index in [-0.39, 0.29) is 6.61 Å². The highest BCUT2D eigenvalue weighted by molar-refractivity contribution is 7.13. The van der Waals surface area contributed by atoms with Gasteiger partial charge in [0.1, 0.15) is 5.75 Å². The fourth-order valence-corrected chi connectivity index (χ4v) is 1.87. The zero-order valence-electron chi connectivity index (χ0n) is 9.63. The molecule has 1 aromatic carbocycles. The number of ether oxygens (including phenoxy) is 1. The van der Waals surface area contributed by atoms with Crippen molar-refractivity contribution in [1.82, 2.24) is 4.98 Å². The lowest BCUT2D eigenvalue weighted by Crippen LogP contribution is -2.19. The van der Waals surface area contributed by atoms with Gasteiger partial charge in [0.2, 0.25) is 0 Å². The smallest absolute Gasteiger partial charge is 0.255 e. The van der Waals surface area contributed by atoms with E-state index in [1.54, 1.807) is 17.5 Å². The van der Waals surface area contributed by atoms with Gasteiger partial charge in [-0.2, -0.15) is 0 Å². The number of nitrogens with one attached hydrogen (secondary N) is 1. The molecule has 0 aliphatic heterocycles. The highest BCUT2D eigenvalue weighted by atomic mass is 32.1. The maximum Gasteiger partial charge on any atom is 0.255 e. The average molecular weight is 263 g/mol. The van der Waals surface area contributed by atoms with Crippen molar-refractivity contribution in [2.24, 2.45) is 5.73 Å². The molecule has 1 aromatic heterocycles. The van der Waals surface area contributed by atoms with Crippen LogP contribution in [-0.4, -0.2) is 17.5 Å². The van der Waals surface area contributed by atoms with Crippen molar-refractivity contribution < 1.29 is 9.53 Å². The number of thiazole rings is 1. The van der Waals surface area contributed by atoms with Gasteiger partial charge in [-0.15, -0.1) is 11.3 Å². The summed E-state index contributed by atoms with van der Waals surface area (Å²) in [7, 11) is 0. The molecule has 0 aliphatic rings. The van der Waals surface area contributed by atoms with Crippen molar-refractivity contribution in [3.63, 3.8) is 0 Å². The number of benzene rings is 1. The normalized spacial score (nSPS) is 10.0. The molecule has 1 heterocycles. The molecule has 0 saturated carbocycles. The summed E-state index contributed by atoms with van der Waals surface area (Å²) >= 11 is 1.56. The number of rotatable bonds is 6. The first-order valence-electron chi connectivity index (χ1n) is 5.37. The van der Waals surface area contributed by atoms with Crippen LogP contribution in [-0.2, 0) is 11.3 Å². The standard InChI is InChI=1S/C12H13N3O2S/c13-11(16)8-17-10-3-1-9(2-4-10)7-15-12-14-5-6-18-12/h1-6H,7-8H2,(H2,13,16)(H,14,15). The molecule has 1 amide bonds. The van der Waals surface area contributed by atoms with E-state index in [1.165, 1.54) is 0 Å². The minimum absolute atomic E-state index is 0.100. The van der Waals surface area contributed by atoms with E-state index in [1.807, 2.05) is 29.6 Å². The van der Waals surface area contributed by atoms with Crippen molar-refractivity contribution in [2.45, 2.75) is 6.54 Å². The van der Waals surface area contributed by atoms with Crippen molar-refractivity contribution in [3.05, 3.63) is 41.4 Å². The number of hydrogen-bond acceptors (Lipinski definition) is 5. The minimum atomic E-state index is -0.482. The van der Waals surface area contributed by atoms with E-state index in [0.29, 0.717) is 12.3 Å². The van der Waals surface area contributed by atoms with Crippen LogP contribution in [0.5, 0.6) is 5.75 Å². The zero-order chi connectivity index (χ0) is 12.8. The van der Waals surface area contributed by atoms with Gasteiger partial charge in [-0.05, 0) is 17.7 Å². The lowest BCUT2D eigenvalue weighted by molar-refractivity contribution is -0.119. The molecule has 5 nitrogen and oxygen atoms in total. The molecule has 2 aromatic rings. The maximum absolute atomic E-state index is 10.6. The summed E-state index contributed by atoms with van der Waals surface area (Å²) < 4.78 is 5.17. The molecule has 0 aliphatic carbocycles. The number of aromatic nitrogens is 1. The number of nitrogens with zero attached hydrogens (tertiary/aromatic N) is 1. The number of hydrogen-bond donors (Lipinski definition) is 2. The van der Waals surface area contributed by atoms with E-state index in [9.17, 15) is 4.79 Å². The number of carbonyl (C=O) groups is 1. The third kappa shape index (κ3) is 3.74. The minimum Gasteiger partial charge on any atom is -0.484 e. The molecule has 3 N–H and O–H groups in total. The van der Waals surface area contributed by atoms with Crippen LogP contribution in [0.1, 0.15) is 5.56 Å². The van der Waals surface area contributed by atoms with Crippen LogP contribution in [0.25, 0.3) is 0 Å². The molecule has 0 radical (unpaired) electrons. The van der Waals surface area contributed by atoms with Gasteiger partial charge >= 0.3 is 0 Å². The summed E-state index contributed by atoms with van der Waals surface area (Å²) in [6, 6.07) is 7.47. The fourth-order valence-electron chi connectivity index (χ4n) is 1.35. The first-order chi connectivity index (χ1) is 8.74.